The Labute approximate surface area is 115 Å². The summed E-state index contributed by atoms with van der Waals surface area (Å²) in [7, 11) is 2.07. The van der Waals surface area contributed by atoms with Gasteiger partial charge in [0.05, 0.1) is 5.56 Å². The van der Waals surface area contributed by atoms with Gasteiger partial charge in [0.25, 0.3) is 5.91 Å². The lowest BCUT2D eigenvalue weighted by Crippen LogP contribution is -2.43. The number of hydrogen-bond donors (Lipinski definition) is 1. The minimum Gasteiger partial charge on any atom is -0.349 e. The molecule has 1 N–H and O–H groups in total. The number of aromatic nitrogens is 2. The molecule has 18 heavy (non-hydrogen) atoms. The maximum Gasteiger partial charge on any atom is 0.254 e. The van der Waals surface area contributed by atoms with Crippen molar-refractivity contribution in [2.75, 3.05) is 20.1 Å². The second kappa shape index (κ2) is 5.82. The molecule has 2 rings (SSSR count). The molecule has 98 valence electrons. The first-order valence-corrected chi connectivity index (χ1v) is 6.50. The van der Waals surface area contributed by atoms with Crippen LogP contribution in [0.4, 0.5) is 0 Å². The summed E-state index contributed by atoms with van der Waals surface area (Å²) in [5.74, 6) is -0.244. The summed E-state index contributed by atoms with van der Waals surface area (Å²) >= 11 is 11.5. The predicted octanol–water partition coefficient (Wildman–Crippen LogP) is 1.61. The van der Waals surface area contributed by atoms with Crippen LogP contribution in [0.2, 0.25) is 10.3 Å². The highest BCUT2D eigenvalue weighted by Gasteiger charge is 2.21. The van der Waals surface area contributed by atoms with Crippen LogP contribution in [0.15, 0.2) is 6.07 Å². The van der Waals surface area contributed by atoms with E-state index in [1.54, 1.807) is 0 Å². The van der Waals surface area contributed by atoms with Crippen molar-refractivity contribution in [2.24, 2.45) is 0 Å². The molecule has 0 spiro atoms. The zero-order valence-corrected chi connectivity index (χ0v) is 11.5. The van der Waals surface area contributed by atoms with Crippen molar-refractivity contribution in [1.29, 1.82) is 0 Å². The summed E-state index contributed by atoms with van der Waals surface area (Å²) in [5.41, 5.74) is 0.274. The van der Waals surface area contributed by atoms with Gasteiger partial charge in [-0.2, -0.15) is 0 Å². The van der Waals surface area contributed by atoms with Gasteiger partial charge in [-0.3, -0.25) is 4.79 Å². The molecule has 0 saturated carbocycles. The average Bonchev–Trinajstić information content (AvgIpc) is 2.35. The molecule has 0 bridgehead atoms. The minimum absolute atomic E-state index is 0.0739. The first-order chi connectivity index (χ1) is 8.56. The van der Waals surface area contributed by atoms with E-state index in [9.17, 15) is 4.79 Å². The highest BCUT2D eigenvalue weighted by molar-refractivity contribution is 6.34. The highest BCUT2D eigenvalue weighted by Crippen LogP contribution is 2.16. The van der Waals surface area contributed by atoms with Crippen LogP contribution >= 0.6 is 23.2 Å². The molecule has 2 heterocycles. The van der Waals surface area contributed by atoms with E-state index in [0.29, 0.717) is 0 Å². The van der Waals surface area contributed by atoms with Crippen LogP contribution in [0.1, 0.15) is 23.2 Å². The summed E-state index contributed by atoms with van der Waals surface area (Å²) in [6.45, 7) is 1.96. The smallest absolute Gasteiger partial charge is 0.254 e. The molecule has 1 amide bonds. The number of piperidine rings is 1. The molecule has 0 radical (unpaired) electrons. The Morgan fingerprint density at radius 3 is 2.72 bits per heavy atom. The number of hydrogen-bond acceptors (Lipinski definition) is 4. The number of halogens is 2. The van der Waals surface area contributed by atoms with E-state index >= 15 is 0 Å². The number of carbonyl (C=O) groups excluding carboxylic acids is 1. The zero-order valence-electron chi connectivity index (χ0n) is 9.99. The molecule has 5 nitrogen and oxygen atoms in total. The molecule has 1 aliphatic heterocycles. The van der Waals surface area contributed by atoms with E-state index < -0.39 is 0 Å². The highest BCUT2D eigenvalue weighted by atomic mass is 35.5. The van der Waals surface area contributed by atoms with Gasteiger partial charge in [0, 0.05) is 6.04 Å². The molecule has 1 fully saturated rings. The van der Waals surface area contributed by atoms with E-state index in [0.717, 1.165) is 25.9 Å². The Balaban J connectivity index is 2.01. The summed E-state index contributed by atoms with van der Waals surface area (Å²) < 4.78 is 0. The number of amides is 1. The van der Waals surface area contributed by atoms with Crippen molar-refractivity contribution in [1.82, 2.24) is 20.4 Å². The van der Waals surface area contributed by atoms with Crippen LogP contribution in [0.5, 0.6) is 0 Å². The Hall–Kier alpha value is -0.910. The number of nitrogens with zero attached hydrogens (tertiary/aromatic N) is 3. The summed E-state index contributed by atoms with van der Waals surface area (Å²) in [5, 5.41) is 10.4. The van der Waals surface area contributed by atoms with Crippen molar-refractivity contribution in [3.05, 3.63) is 21.9 Å². The van der Waals surface area contributed by atoms with Gasteiger partial charge in [0.2, 0.25) is 0 Å². The third-order valence-electron chi connectivity index (χ3n) is 3.02. The van der Waals surface area contributed by atoms with Crippen LogP contribution in [0.3, 0.4) is 0 Å². The van der Waals surface area contributed by atoms with Crippen LogP contribution in [0, 0.1) is 0 Å². The van der Waals surface area contributed by atoms with Crippen LogP contribution in [-0.4, -0.2) is 47.2 Å². The van der Waals surface area contributed by atoms with E-state index in [4.69, 9.17) is 23.2 Å². The number of nitrogens with one attached hydrogen (secondary N) is 1. The lowest BCUT2D eigenvalue weighted by atomic mass is 10.1. The molecular formula is C11H14Cl2N4O. The van der Waals surface area contributed by atoms with Gasteiger partial charge in [-0.05, 0) is 39.0 Å². The Kier molecular flexibility index (Phi) is 4.37. The van der Waals surface area contributed by atoms with E-state index in [-0.39, 0.29) is 27.8 Å². The Morgan fingerprint density at radius 2 is 2.06 bits per heavy atom. The second-order valence-corrected chi connectivity index (χ2v) is 5.17. The maximum atomic E-state index is 12.0. The molecule has 1 aromatic rings. The quantitative estimate of drug-likeness (QED) is 0.898. The van der Waals surface area contributed by atoms with Gasteiger partial charge in [0.1, 0.15) is 0 Å². The van der Waals surface area contributed by atoms with Gasteiger partial charge in [-0.1, -0.05) is 23.2 Å². The standard InChI is InChI=1S/C11H14Cl2N4O/c1-17-4-2-7(3-5-17)14-11(18)8-6-9(12)15-16-10(8)13/h6-7H,2-5H2,1H3,(H,14,18). The summed E-state index contributed by atoms with van der Waals surface area (Å²) in [4.78, 5) is 14.3. The predicted molar refractivity (Wildman–Crippen MR) is 70.0 cm³/mol. The van der Waals surface area contributed by atoms with E-state index in [2.05, 4.69) is 27.5 Å². The lowest BCUT2D eigenvalue weighted by Gasteiger charge is -2.29. The van der Waals surface area contributed by atoms with Gasteiger partial charge in [0.15, 0.2) is 10.3 Å². The molecule has 1 aliphatic rings. The molecule has 0 unspecified atom stereocenters. The topological polar surface area (TPSA) is 58.1 Å². The third-order valence-corrected chi connectivity index (χ3v) is 3.48. The monoisotopic (exact) mass is 288 g/mol. The Bertz CT molecular complexity index is 447. The number of carbonyl (C=O) groups is 1. The summed E-state index contributed by atoms with van der Waals surface area (Å²) in [6, 6.07) is 1.61. The van der Waals surface area contributed by atoms with Gasteiger partial charge in [-0.15, -0.1) is 10.2 Å². The van der Waals surface area contributed by atoms with Gasteiger partial charge < -0.3 is 10.2 Å². The van der Waals surface area contributed by atoms with E-state index in [1.807, 2.05) is 0 Å². The fraction of sp³-hybridized carbons (Fsp3) is 0.545. The first kappa shape index (κ1) is 13.5. The minimum atomic E-state index is -0.244. The van der Waals surface area contributed by atoms with Gasteiger partial charge in [-0.25, -0.2) is 0 Å². The van der Waals surface area contributed by atoms with Crippen molar-refractivity contribution < 1.29 is 4.79 Å². The van der Waals surface area contributed by atoms with Crippen LogP contribution < -0.4 is 5.32 Å². The fourth-order valence-electron chi connectivity index (χ4n) is 1.93. The largest absolute Gasteiger partial charge is 0.349 e. The van der Waals surface area contributed by atoms with Crippen molar-refractivity contribution >= 4 is 29.1 Å². The molecule has 0 aliphatic carbocycles. The molecule has 0 atom stereocenters. The molecule has 0 aromatic carbocycles. The van der Waals surface area contributed by atoms with Gasteiger partial charge >= 0.3 is 0 Å². The molecular weight excluding hydrogens is 275 g/mol. The number of likely N-dealkylation sites (tertiary alicyclic amines) is 1. The zero-order chi connectivity index (χ0) is 13.1. The lowest BCUT2D eigenvalue weighted by molar-refractivity contribution is 0.0916. The first-order valence-electron chi connectivity index (χ1n) is 5.74. The van der Waals surface area contributed by atoms with Crippen molar-refractivity contribution in [3.8, 4) is 0 Å². The maximum absolute atomic E-state index is 12.0. The molecule has 1 saturated heterocycles. The normalized spacial score (nSPS) is 17.7. The van der Waals surface area contributed by atoms with Crippen molar-refractivity contribution in [2.45, 2.75) is 18.9 Å². The average molecular weight is 289 g/mol. The van der Waals surface area contributed by atoms with Crippen LogP contribution in [0.25, 0.3) is 0 Å². The van der Waals surface area contributed by atoms with Crippen LogP contribution in [-0.2, 0) is 0 Å². The fourth-order valence-corrected chi connectivity index (χ4v) is 2.25. The molecule has 7 heteroatoms. The second-order valence-electron chi connectivity index (χ2n) is 4.42. The molecule has 1 aromatic heterocycles. The number of rotatable bonds is 2. The summed E-state index contributed by atoms with van der Waals surface area (Å²) in [6.07, 6.45) is 1.87. The van der Waals surface area contributed by atoms with Crippen molar-refractivity contribution in [3.63, 3.8) is 0 Å². The third kappa shape index (κ3) is 3.31. The van der Waals surface area contributed by atoms with E-state index in [1.165, 1.54) is 6.07 Å². The Morgan fingerprint density at radius 1 is 1.39 bits per heavy atom. The SMILES string of the molecule is CN1CCC(NC(=O)c2cc(Cl)nnc2Cl)CC1.